The van der Waals surface area contributed by atoms with Crippen LogP contribution in [-0.2, 0) is 0 Å². The van der Waals surface area contributed by atoms with Crippen molar-refractivity contribution in [3.05, 3.63) is 26.7 Å². The molecule has 0 atom stereocenters. The summed E-state index contributed by atoms with van der Waals surface area (Å²) in [6.07, 6.45) is 0. The molecule has 0 fully saturated rings. The summed E-state index contributed by atoms with van der Waals surface area (Å²) in [7, 11) is 0. The summed E-state index contributed by atoms with van der Waals surface area (Å²) in [5, 5.41) is 5.40. The number of aromatic nitrogens is 1. The lowest BCUT2D eigenvalue weighted by Gasteiger charge is -1.86. The second-order valence-electron chi connectivity index (χ2n) is 2.70. The molecule has 0 aliphatic heterocycles. The molecule has 2 aromatic rings. The van der Waals surface area contributed by atoms with E-state index in [0.29, 0.717) is 0 Å². The van der Waals surface area contributed by atoms with E-state index in [1.54, 1.807) is 22.7 Å². The quantitative estimate of drug-likeness (QED) is 0.678. The van der Waals surface area contributed by atoms with Crippen LogP contribution < -0.4 is 0 Å². The summed E-state index contributed by atoms with van der Waals surface area (Å²) < 4.78 is 0. The minimum Gasteiger partial charge on any atom is -0.242 e. The first kappa shape index (κ1) is 7.95. The molecule has 0 bridgehead atoms. The zero-order valence-electron chi connectivity index (χ0n) is 7.00. The third-order valence-corrected chi connectivity index (χ3v) is 3.28. The van der Waals surface area contributed by atoms with Gasteiger partial charge in [0.1, 0.15) is 0 Å². The summed E-state index contributed by atoms with van der Waals surface area (Å²) in [4.78, 5) is 5.76. The highest BCUT2D eigenvalue weighted by Crippen LogP contribution is 2.25. The van der Waals surface area contributed by atoms with Crippen molar-refractivity contribution in [2.45, 2.75) is 13.8 Å². The lowest BCUT2D eigenvalue weighted by atomic mass is 10.2. The molecule has 0 aromatic carbocycles. The van der Waals surface area contributed by atoms with Crippen molar-refractivity contribution in [1.82, 2.24) is 4.98 Å². The molecule has 3 heteroatoms. The molecule has 0 saturated heterocycles. The van der Waals surface area contributed by atoms with Gasteiger partial charge >= 0.3 is 0 Å². The average molecular weight is 195 g/mol. The summed E-state index contributed by atoms with van der Waals surface area (Å²) in [6, 6.07) is 2.18. The van der Waals surface area contributed by atoms with Crippen molar-refractivity contribution < 1.29 is 0 Å². The van der Waals surface area contributed by atoms with Gasteiger partial charge in [-0.1, -0.05) is 0 Å². The van der Waals surface area contributed by atoms with Gasteiger partial charge in [-0.3, -0.25) is 0 Å². The standard InChI is InChI=1S/C9H9NS2/c1-6-3-8(4-11-6)9-5-12-7(2)10-9/h3-5H,1-2H3. The lowest BCUT2D eigenvalue weighted by molar-refractivity contribution is 1.30. The maximum Gasteiger partial charge on any atom is 0.0901 e. The first-order valence-corrected chi connectivity index (χ1v) is 5.49. The Bertz CT molecular complexity index is 348. The topological polar surface area (TPSA) is 12.9 Å². The maximum absolute atomic E-state index is 4.42. The van der Waals surface area contributed by atoms with Crippen molar-refractivity contribution in [3.63, 3.8) is 0 Å². The molecular weight excluding hydrogens is 186 g/mol. The van der Waals surface area contributed by atoms with E-state index in [1.807, 2.05) is 6.92 Å². The SMILES string of the molecule is Cc1cc(-c2csc(C)n2)cs1. The van der Waals surface area contributed by atoms with Crippen LogP contribution in [0.4, 0.5) is 0 Å². The molecular formula is C9H9NS2. The Morgan fingerprint density at radius 1 is 1.17 bits per heavy atom. The maximum atomic E-state index is 4.42. The molecule has 2 rings (SSSR count). The van der Waals surface area contributed by atoms with E-state index >= 15 is 0 Å². The minimum atomic E-state index is 1.11. The highest BCUT2D eigenvalue weighted by Gasteiger charge is 2.02. The Hall–Kier alpha value is -0.670. The Kier molecular flexibility index (Phi) is 1.98. The Morgan fingerprint density at radius 2 is 2.00 bits per heavy atom. The number of nitrogens with zero attached hydrogens (tertiary/aromatic N) is 1. The highest BCUT2D eigenvalue weighted by molar-refractivity contribution is 7.10. The zero-order chi connectivity index (χ0) is 8.55. The molecule has 12 heavy (non-hydrogen) atoms. The van der Waals surface area contributed by atoms with Gasteiger partial charge in [0.15, 0.2) is 0 Å². The summed E-state index contributed by atoms with van der Waals surface area (Å²) in [5.41, 5.74) is 2.36. The van der Waals surface area contributed by atoms with Crippen LogP contribution in [0.3, 0.4) is 0 Å². The normalized spacial score (nSPS) is 10.5. The highest BCUT2D eigenvalue weighted by atomic mass is 32.1. The van der Waals surface area contributed by atoms with Gasteiger partial charge in [0.25, 0.3) is 0 Å². The van der Waals surface area contributed by atoms with E-state index in [2.05, 4.69) is 28.7 Å². The fraction of sp³-hybridized carbons (Fsp3) is 0.222. The molecule has 0 radical (unpaired) electrons. The number of thiophene rings is 1. The number of hydrogen-bond donors (Lipinski definition) is 0. The van der Waals surface area contributed by atoms with Crippen LogP contribution in [0.1, 0.15) is 9.88 Å². The van der Waals surface area contributed by atoms with Gasteiger partial charge in [0.2, 0.25) is 0 Å². The molecule has 2 aromatic heterocycles. The van der Waals surface area contributed by atoms with Crippen LogP contribution in [0.25, 0.3) is 11.3 Å². The summed E-state index contributed by atoms with van der Waals surface area (Å²) in [6.45, 7) is 4.15. The third kappa shape index (κ3) is 1.42. The molecule has 62 valence electrons. The van der Waals surface area contributed by atoms with Gasteiger partial charge in [-0.2, -0.15) is 0 Å². The number of aryl methyl sites for hydroxylation is 2. The van der Waals surface area contributed by atoms with Gasteiger partial charge < -0.3 is 0 Å². The zero-order valence-corrected chi connectivity index (χ0v) is 8.63. The van der Waals surface area contributed by atoms with Crippen LogP contribution in [0.2, 0.25) is 0 Å². The summed E-state index contributed by atoms with van der Waals surface area (Å²) in [5.74, 6) is 0. The van der Waals surface area contributed by atoms with Crippen molar-refractivity contribution in [3.8, 4) is 11.3 Å². The molecule has 0 aliphatic rings. The molecule has 0 amide bonds. The molecule has 0 unspecified atom stereocenters. The van der Waals surface area contributed by atoms with E-state index in [0.717, 1.165) is 10.7 Å². The summed E-state index contributed by atoms with van der Waals surface area (Å²) >= 11 is 3.48. The Balaban J connectivity index is 2.43. The second kappa shape index (κ2) is 2.99. The molecule has 0 aliphatic carbocycles. The van der Waals surface area contributed by atoms with E-state index in [9.17, 15) is 0 Å². The predicted molar refractivity (Wildman–Crippen MR) is 54.9 cm³/mol. The molecule has 0 saturated carbocycles. The number of rotatable bonds is 1. The van der Waals surface area contributed by atoms with Gasteiger partial charge in [-0.15, -0.1) is 22.7 Å². The first-order chi connectivity index (χ1) is 5.75. The van der Waals surface area contributed by atoms with Crippen molar-refractivity contribution >= 4 is 22.7 Å². The predicted octanol–water partition coefficient (Wildman–Crippen LogP) is 3.49. The van der Waals surface area contributed by atoms with Crippen molar-refractivity contribution in [2.24, 2.45) is 0 Å². The molecule has 0 spiro atoms. The average Bonchev–Trinajstić information content (AvgIpc) is 2.58. The minimum absolute atomic E-state index is 1.11. The monoisotopic (exact) mass is 195 g/mol. The second-order valence-corrected chi connectivity index (χ2v) is 4.88. The number of thiazole rings is 1. The van der Waals surface area contributed by atoms with Gasteiger partial charge in [0, 0.05) is 21.2 Å². The van der Waals surface area contributed by atoms with Gasteiger partial charge in [-0.05, 0) is 19.9 Å². The molecule has 0 N–H and O–H groups in total. The van der Waals surface area contributed by atoms with E-state index in [4.69, 9.17) is 0 Å². The fourth-order valence-electron chi connectivity index (χ4n) is 1.07. The van der Waals surface area contributed by atoms with Crippen molar-refractivity contribution in [2.75, 3.05) is 0 Å². The van der Waals surface area contributed by atoms with Crippen LogP contribution >= 0.6 is 22.7 Å². The van der Waals surface area contributed by atoms with Crippen LogP contribution in [0, 0.1) is 13.8 Å². The third-order valence-electron chi connectivity index (χ3n) is 1.65. The number of hydrogen-bond acceptors (Lipinski definition) is 3. The van der Waals surface area contributed by atoms with Crippen LogP contribution in [0.5, 0.6) is 0 Å². The fourth-order valence-corrected chi connectivity index (χ4v) is 2.39. The van der Waals surface area contributed by atoms with E-state index in [-0.39, 0.29) is 0 Å². The molecule has 2 heterocycles. The first-order valence-electron chi connectivity index (χ1n) is 3.73. The van der Waals surface area contributed by atoms with Gasteiger partial charge in [0.05, 0.1) is 10.7 Å². The molecule has 1 nitrogen and oxygen atoms in total. The largest absolute Gasteiger partial charge is 0.242 e. The lowest BCUT2D eigenvalue weighted by Crippen LogP contribution is -1.72. The smallest absolute Gasteiger partial charge is 0.0901 e. The Morgan fingerprint density at radius 3 is 2.50 bits per heavy atom. The van der Waals surface area contributed by atoms with E-state index in [1.165, 1.54) is 10.4 Å². The van der Waals surface area contributed by atoms with Gasteiger partial charge in [-0.25, -0.2) is 4.98 Å². The van der Waals surface area contributed by atoms with E-state index < -0.39 is 0 Å². The van der Waals surface area contributed by atoms with Crippen molar-refractivity contribution in [1.29, 1.82) is 0 Å². The van der Waals surface area contributed by atoms with Crippen LogP contribution in [0.15, 0.2) is 16.8 Å². The van der Waals surface area contributed by atoms with Crippen LogP contribution in [-0.4, -0.2) is 4.98 Å². The Labute approximate surface area is 79.7 Å².